The third-order valence-electron chi connectivity index (χ3n) is 5.83. The molecule has 1 aliphatic carbocycles. The van der Waals surface area contributed by atoms with Crippen LogP contribution in [0.3, 0.4) is 0 Å². The Bertz CT molecular complexity index is 1090. The average Bonchev–Trinajstić information content (AvgIpc) is 3.13. The molecule has 2 aromatic carbocycles. The highest BCUT2D eigenvalue weighted by molar-refractivity contribution is 6.11. The average molecular weight is 438 g/mol. The Morgan fingerprint density at radius 1 is 1.03 bits per heavy atom. The Morgan fingerprint density at radius 3 is 2.47 bits per heavy atom. The summed E-state index contributed by atoms with van der Waals surface area (Å²) in [5.74, 6) is -2.60. The monoisotopic (exact) mass is 438 g/mol. The van der Waals surface area contributed by atoms with Crippen LogP contribution in [0.4, 0.5) is 4.79 Å². The number of carbonyl (C=O) groups excluding carboxylic acids is 3. The number of ether oxygens (including phenoxy) is 4. The predicted octanol–water partition coefficient (Wildman–Crippen LogP) is 4.96. The SMILES string of the molecule is CCCC(=O)OC12C(=O)c3ccccc3C1(OC(=O)OCC)Oc1cc(C(C)C)ccc12. The molecule has 0 saturated carbocycles. The van der Waals surface area contributed by atoms with Crippen molar-refractivity contribution in [2.24, 2.45) is 0 Å². The molecule has 1 aliphatic heterocycles. The minimum absolute atomic E-state index is 0.0670. The Balaban J connectivity index is 1.99. The summed E-state index contributed by atoms with van der Waals surface area (Å²) in [5.41, 5.74) is -0.118. The molecule has 0 radical (unpaired) electrons. The molecule has 2 aromatic rings. The van der Waals surface area contributed by atoms with E-state index in [-0.39, 0.29) is 24.5 Å². The van der Waals surface area contributed by atoms with Gasteiger partial charge in [-0.3, -0.25) is 9.59 Å². The Labute approximate surface area is 186 Å². The van der Waals surface area contributed by atoms with E-state index in [0.29, 0.717) is 23.3 Å². The maximum Gasteiger partial charge on any atom is 0.512 e. The van der Waals surface area contributed by atoms with Crippen molar-refractivity contribution in [1.82, 2.24) is 0 Å². The van der Waals surface area contributed by atoms with Gasteiger partial charge >= 0.3 is 17.9 Å². The van der Waals surface area contributed by atoms with Crippen LogP contribution in [0.15, 0.2) is 42.5 Å². The van der Waals surface area contributed by atoms with Crippen LogP contribution in [0.25, 0.3) is 0 Å². The summed E-state index contributed by atoms with van der Waals surface area (Å²) in [4.78, 5) is 39.2. The van der Waals surface area contributed by atoms with Crippen LogP contribution in [0.2, 0.25) is 0 Å². The van der Waals surface area contributed by atoms with Crippen LogP contribution >= 0.6 is 0 Å². The first-order valence-electron chi connectivity index (χ1n) is 10.9. The maximum atomic E-state index is 13.9. The molecule has 168 valence electrons. The van der Waals surface area contributed by atoms with Gasteiger partial charge in [-0.15, -0.1) is 0 Å². The highest BCUT2D eigenvalue weighted by Gasteiger charge is 2.77. The molecular weight excluding hydrogens is 412 g/mol. The standard InChI is InChI=1S/C25H26O7/c1-5-9-21(26)31-24-19-13-12-16(15(3)4)14-20(19)30-25(24,32-23(28)29-6-2)18-11-8-7-10-17(18)22(24)27/h7-8,10-15H,5-6,9H2,1-4H3. The van der Waals surface area contributed by atoms with Crippen molar-refractivity contribution >= 4 is 17.9 Å². The highest BCUT2D eigenvalue weighted by atomic mass is 16.8. The first-order chi connectivity index (χ1) is 15.3. The molecule has 1 heterocycles. The van der Waals surface area contributed by atoms with E-state index in [4.69, 9.17) is 18.9 Å². The molecule has 4 rings (SSSR count). The van der Waals surface area contributed by atoms with E-state index in [2.05, 4.69) is 0 Å². The molecule has 2 aliphatic rings. The summed E-state index contributed by atoms with van der Waals surface area (Å²) in [5, 5.41) is 0. The molecule has 0 spiro atoms. The van der Waals surface area contributed by atoms with Gasteiger partial charge in [0, 0.05) is 12.0 Å². The van der Waals surface area contributed by atoms with Crippen LogP contribution in [0.5, 0.6) is 5.75 Å². The topological polar surface area (TPSA) is 88.1 Å². The van der Waals surface area contributed by atoms with Gasteiger partial charge in [0.05, 0.1) is 17.7 Å². The van der Waals surface area contributed by atoms with Gasteiger partial charge in [0.1, 0.15) is 5.75 Å². The van der Waals surface area contributed by atoms with E-state index in [0.717, 1.165) is 5.56 Å². The molecule has 2 atom stereocenters. The van der Waals surface area contributed by atoms with Crippen LogP contribution < -0.4 is 4.74 Å². The van der Waals surface area contributed by atoms with Gasteiger partial charge in [0.25, 0.3) is 5.60 Å². The van der Waals surface area contributed by atoms with Gasteiger partial charge < -0.3 is 18.9 Å². The molecular formula is C25H26O7. The van der Waals surface area contributed by atoms with Crippen molar-refractivity contribution in [2.45, 2.75) is 57.8 Å². The molecule has 0 aromatic heterocycles. The van der Waals surface area contributed by atoms with Crippen LogP contribution in [-0.4, -0.2) is 24.5 Å². The number of benzene rings is 2. The summed E-state index contributed by atoms with van der Waals surface area (Å²) in [6.45, 7) is 7.60. The van der Waals surface area contributed by atoms with Crippen molar-refractivity contribution in [3.8, 4) is 5.75 Å². The third-order valence-corrected chi connectivity index (χ3v) is 5.83. The number of hydrogen-bond acceptors (Lipinski definition) is 7. The lowest BCUT2D eigenvalue weighted by molar-refractivity contribution is -0.245. The lowest BCUT2D eigenvalue weighted by atomic mass is 9.85. The van der Waals surface area contributed by atoms with E-state index < -0.39 is 29.3 Å². The molecule has 32 heavy (non-hydrogen) atoms. The highest BCUT2D eigenvalue weighted by Crippen LogP contribution is 2.62. The number of rotatable bonds is 6. The number of hydrogen-bond donors (Lipinski definition) is 0. The van der Waals surface area contributed by atoms with Gasteiger partial charge in [-0.25, -0.2) is 4.79 Å². The first kappa shape index (κ1) is 21.9. The largest absolute Gasteiger partial charge is 0.512 e. The van der Waals surface area contributed by atoms with Crippen LogP contribution in [0.1, 0.15) is 73.5 Å². The van der Waals surface area contributed by atoms with Gasteiger partial charge in [-0.05, 0) is 30.9 Å². The summed E-state index contributed by atoms with van der Waals surface area (Å²) in [6, 6.07) is 12.0. The lowest BCUT2D eigenvalue weighted by Gasteiger charge is -2.36. The second-order valence-corrected chi connectivity index (χ2v) is 8.19. The summed E-state index contributed by atoms with van der Waals surface area (Å²) < 4.78 is 23.0. The van der Waals surface area contributed by atoms with Crippen molar-refractivity contribution in [2.75, 3.05) is 6.61 Å². The smallest absolute Gasteiger partial charge is 0.444 e. The van der Waals surface area contributed by atoms with E-state index in [1.165, 1.54) is 0 Å². The molecule has 7 heteroatoms. The number of esters is 1. The van der Waals surface area contributed by atoms with Gasteiger partial charge in [0.2, 0.25) is 5.78 Å². The summed E-state index contributed by atoms with van der Waals surface area (Å²) >= 11 is 0. The quantitative estimate of drug-likeness (QED) is 0.589. The van der Waals surface area contributed by atoms with E-state index in [9.17, 15) is 14.4 Å². The first-order valence-corrected chi connectivity index (χ1v) is 10.9. The summed E-state index contributed by atoms with van der Waals surface area (Å²) in [6.07, 6.45) is -0.396. The number of fused-ring (bicyclic) bond motifs is 5. The minimum atomic E-state index is -2.02. The van der Waals surface area contributed by atoms with Crippen molar-refractivity contribution < 1.29 is 33.3 Å². The van der Waals surface area contributed by atoms with Crippen molar-refractivity contribution in [3.05, 3.63) is 64.7 Å². The fraction of sp³-hybridized carbons (Fsp3) is 0.400. The molecule has 7 nitrogen and oxygen atoms in total. The fourth-order valence-electron chi connectivity index (χ4n) is 4.36. The summed E-state index contributed by atoms with van der Waals surface area (Å²) in [7, 11) is 0. The number of ketones is 1. The number of Topliss-reactive ketones (excluding diaryl/α,β-unsaturated/α-hetero) is 1. The van der Waals surface area contributed by atoms with Crippen molar-refractivity contribution in [3.63, 3.8) is 0 Å². The van der Waals surface area contributed by atoms with Crippen molar-refractivity contribution in [1.29, 1.82) is 0 Å². The second kappa shape index (κ2) is 7.97. The van der Waals surface area contributed by atoms with Crippen LogP contribution in [-0.2, 0) is 30.4 Å². The molecule has 0 fully saturated rings. The second-order valence-electron chi connectivity index (χ2n) is 8.19. The minimum Gasteiger partial charge on any atom is -0.444 e. The van der Waals surface area contributed by atoms with Gasteiger partial charge in [-0.1, -0.05) is 57.2 Å². The van der Waals surface area contributed by atoms with E-state index >= 15 is 0 Å². The molecule has 0 N–H and O–H groups in total. The fourth-order valence-corrected chi connectivity index (χ4v) is 4.36. The Kier molecular flexibility index (Phi) is 5.44. The molecule has 0 amide bonds. The van der Waals surface area contributed by atoms with Gasteiger partial charge in [-0.2, -0.15) is 0 Å². The molecule has 2 unspecified atom stereocenters. The molecule has 0 bridgehead atoms. The maximum absolute atomic E-state index is 13.9. The Hall–Kier alpha value is -3.35. The number of carbonyl (C=O) groups is 3. The normalized spacial score (nSPS) is 22.6. The predicted molar refractivity (Wildman–Crippen MR) is 114 cm³/mol. The van der Waals surface area contributed by atoms with E-state index in [1.54, 1.807) is 43.3 Å². The zero-order valence-electron chi connectivity index (χ0n) is 18.6. The molecule has 0 saturated heterocycles. The van der Waals surface area contributed by atoms with Gasteiger partial charge in [0.15, 0.2) is 0 Å². The Morgan fingerprint density at radius 2 is 1.78 bits per heavy atom. The third kappa shape index (κ3) is 2.98. The van der Waals surface area contributed by atoms with Crippen LogP contribution in [0, 0.1) is 0 Å². The zero-order chi connectivity index (χ0) is 23.1. The zero-order valence-corrected chi connectivity index (χ0v) is 18.6. The lowest BCUT2D eigenvalue weighted by Crippen LogP contribution is -2.54. The van der Waals surface area contributed by atoms with E-state index in [1.807, 2.05) is 26.8 Å².